The summed E-state index contributed by atoms with van der Waals surface area (Å²) < 4.78 is 5.10. The van der Waals surface area contributed by atoms with Gasteiger partial charge in [0.2, 0.25) is 11.7 Å². The zero-order chi connectivity index (χ0) is 18.7. The first-order chi connectivity index (χ1) is 12.5. The Morgan fingerprint density at radius 1 is 1.04 bits per heavy atom. The molecule has 3 rings (SSSR count). The van der Waals surface area contributed by atoms with E-state index in [4.69, 9.17) is 4.74 Å². The Balaban J connectivity index is 2.23. The summed E-state index contributed by atoms with van der Waals surface area (Å²) in [5.41, 5.74) is 1.83. The van der Waals surface area contributed by atoms with Crippen molar-refractivity contribution in [2.24, 2.45) is 0 Å². The molecule has 0 saturated heterocycles. The summed E-state index contributed by atoms with van der Waals surface area (Å²) in [6.45, 7) is 3.29. The van der Waals surface area contributed by atoms with Crippen LogP contribution in [0.15, 0.2) is 48.5 Å². The number of carbonyl (C=O) groups is 3. The fourth-order valence-electron chi connectivity index (χ4n) is 2.83. The van der Waals surface area contributed by atoms with Gasteiger partial charge in [0, 0.05) is 23.4 Å². The maximum absolute atomic E-state index is 12.9. The Hall–Kier alpha value is -3.41. The van der Waals surface area contributed by atoms with Gasteiger partial charge in [-0.2, -0.15) is 0 Å². The number of benzene rings is 2. The highest BCUT2D eigenvalue weighted by Crippen LogP contribution is 2.32. The number of hydrogen-bond acceptors (Lipinski definition) is 4. The molecule has 0 aliphatic rings. The average Bonchev–Trinajstić information content (AvgIpc) is 3.00. The van der Waals surface area contributed by atoms with Gasteiger partial charge in [0.25, 0.3) is 0 Å². The van der Waals surface area contributed by atoms with E-state index in [2.05, 4.69) is 10.3 Å². The van der Waals surface area contributed by atoms with Crippen LogP contribution in [0.2, 0.25) is 0 Å². The van der Waals surface area contributed by atoms with Gasteiger partial charge in [0.05, 0.1) is 17.9 Å². The summed E-state index contributed by atoms with van der Waals surface area (Å²) >= 11 is 0. The maximum Gasteiger partial charge on any atom is 0.338 e. The number of aromatic amines is 1. The number of H-pyrrole nitrogens is 1. The smallest absolute Gasteiger partial charge is 0.338 e. The minimum absolute atomic E-state index is 0.221. The van der Waals surface area contributed by atoms with E-state index in [1.54, 1.807) is 49.4 Å². The molecule has 0 spiro atoms. The van der Waals surface area contributed by atoms with Gasteiger partial charge >= 0.3 is 5.97 Å². The van der Waals surface area contributed by atoms with E-state index in [1.165, 1.54) is 6.92 Å². The van der Waals surface area contributed by atoms with Gasteiger partial charge in [-0.1, -0.05) is 36.4 Å². The summed E-state index contributed by atoms with van der Waals surface area (Å²) in [5.74, 6) is -1.13. The number of aromatic nitrogens is 1. The molecule has 0 atom stereocenters. The Bertz CT molecular complexity index is 990. The Labute approximate surface area is 150 Å². The first-order valence-corrected chi connectivity index (χ1v) is 8.22. The molecule has 2 N–H and O–H groups in total. The van der Waals surface area contributed by atoms with Crippen molar-refractivity contribution < 1.29 is 19.1 Å². The predicted molar refractivity (Wildman–Crippen MR) is 98.4 cm³/mol. The Morgan fingerprint density at radius 3 is 2.42 bits per heavy atom. The molecule has 2 aromatic carbocycles. The predicted octanol–water partition coefficient (Wildman–Crippen LogP) is 3.53. The van der Waals surface area contributed by atoms with Gasteiger partial charge in [-0.25, -0.2) is 4.79 Å². The number of carbonyl (C=O) groups excluding carboxylic acids is 3. The van der Waals surface area contributed by atoms with Crippen LogP contribution in [0.4, 0.5) is 5.69 Å². The topological polar surface area (TPSA) is 88.3 Å². The van der Waals surface area contributed by atoms with Gasteiger partial charge in [-0.3, -0.25) is 9.59 Å². The van der Waals surface area contributed by atoms with E-state index in [0.29, 0.717) is 16.5 Å². The summed E-state index contributed by atoms with van der Waals surface area (Å²) in [7, 11) is 0. The lowest BCUT2D eigenvalue weighted by atomic mass is 10.0. The number of hydrogen-bond donors (Lipinski definition) is 2. The van der Waals surface area contributed by atoms with Crippen molar-refractivity contribution in [3.05, 3.63) is 65.4 Å². The number of esters is 1. The zero-order valence-electron chi connectivity index (χ0n) is 14.5. The molecule has 1 amide bonds. The molecule has 3 aromatic rings. The molecule has 26 heavy (non-hydrogen) atoms. The Morgan fingerprint density at radius 2 is 1.77 bits per heavy atom. The SMILES string of the molecule is CCOC(=O)c1cccc2[nH]c(C(=O)c3ccccc3)c(NC(C)=O)c12. The second-order valence-corrected chi connectivity index (χ2v) is 5.70. The van der Waals surface area contributed by atoms with Crippen molar-refractivity contribution in [3.8, 4) is 0 Å². The largest absolute Gasteiger partial charge is 0.462 e. The molecular formula is C20H18N2O4. The number of anilines is 1. The van der Waals surface area contributed by atoms with Crippen LogP contribution in [-0.4, -0.2) is 29.3 Å². The van der Waals surface area contributed by atoms with Crippen molar-refractivity contribution in [3.63, 3.8) is 0 Å². The normalized spacial score (nSPS) is 10.5. The van der Waals surface area contributed by atoms with Gasteiger partial charge in [-0.05, 0) is 19.1 Å². The third-order valence-corrected chi connectivity index (χ3v) is 3.88. The number of nitrogens with one attached hydrogen (secondary N) is 2. The molecule has 0 saturated carbocycles. The number of ether oxygens (including phenoxy) is 1. The standard InChI is InChI=1S/C20H18N2O4/c1-3-26-20(25)14-10-7-11-15-16(14)17(21-12(2)23)18(22-15)19(24)13-8-5-4-6-9-13/h4-11,22H,3H2,1-2H3,(H,21,23). The van der Waals surface area contributed by atoms with Crippen LogP contribution in [0.5, 0.6) is 0 Å². The minimum Gasteiger partial charge on any atom is -0.462 e. The minimum atomic E-state index is -0.512. The summed E-state index contributed by atoms with van der Waals surface area (Å²) in [4.78, 5) is 40.0. The van der Waals surface area contributed by atoms with Crippen LogP contribution in [0.1, 0.15) is 40.3 Å². The molecule has 0 aliphatic carbocycles. The van der Waals surface area contributed by atoms with E-state index >= 15 is 0 Å². The van der Waals surface area contributed by atoms with Crippen LogP contribution >= 0.6 is 0 Å². The fraction of sp³-hybridized carbons (Fsp3) is 0.150. The van der Waals surface area contributed by atoms with E-state index in [9.17, 15) is 14.4 Å². The number of rotatable bonds is 5. The maximum atomic E-state index is 12.9. The average molecular weight is 350 g/mol. The highest BCUT2D eigenvalue weighted by Gasteiger charge is 2.24. The molecule has 0 aliphatic heterocycles. The number of fused-ring (bicyclic) bond motifs is 1. The first-order valence-electron chi connectivity index (χ1n) is 8.22. The highest BCUT2D eigenvalue weighted by molar-refractivity contribution is 6.21. The van der Waals surface area contributed by atoms with Crippen LogP contribution in [0, 0.1) is 0 Å². The van der Waals surface area contributed by atoms with Crippen molar-refractivity contribution in [1.29, 1.82) is 0 Å². The quantitative estimate of drug-likeness (QED) is 0.544. The molecule has 0 fully saturated rings. The third-order valence-electron chi connectivity index (χ3n) is 3.88. The van der Waals surface area contributed by atoms with E-state index in [0.717, 1.165) is 0 Å². The second-order valence-electron chi connectivity index (χ2n) is 5.70. The molecule has 0 unspecified atom stereocenters. The lowest BCUT2D eigenvalue weighted by molar-refractivity contribution is -0.114. The van der Waals surface area contributed by atoms with Crippen molar-refractivity contribution >= 4 is 34.3 Å². The fourth-order valence-corrected chi connectivity index (χ4v) is 2.83. The van der Waals surface area contributed by atoms with Crippen molar-refractivity contribution in [2.45, 2.75) is 13.8 Å². The van der Waals surface area contributed by atoms with Crippen LogP contribution < -0.4 is 5.32 Å². The molecule has 1 heterocycles. The zero-order valence-corrected chi connectivity index (χ0v) is 14.5. The molecule has 0 radical (unpaired) electrons. The lowest BCUT2D eigenvalue weighted by Gasteiger charge is -2.08. The van der Waals surface area contributed by atoms with Crippen LogP contribution in [-0.2, 0) is 9.53 Å². The van der Waals surface area contributed by atoms with Gasteiger partial charge < -0.3 is 15.0 Å². The molecular weight excluding hydrogens is 332 g/mol. The summed E-state index contributed by atoms with van der Waals surface area (Å²) in [6.07, 6.45) is 0. The van der Waals surface area contributed by atoms with Gasteiger partial charge in [0.15, 0.2) is 0 Å². The summed E-state index contributed by atoms with van der Waals surface area (Å²) in [5, 5.41) is 3.14. The van der Waals surface area contributed by atoms with Crippen LogP contribution in [0.25, 0.3) is 10.9 Å². The monoisotopic (exact) mass is 350 g/mol. The summed E-state index contributed by atoms with van der Waals surface area (Å²) in [6, 6.07) is 13.8. The highest BCUT2D eigenvalue weighted by atomic mass is 16.5. The molecule has 6 heteroatoms. The van der Waals surface area contributed by atoms with Crippen molar-refractivity contribution in [1.82, 2.24) is 4.98 Å². The third kappa shape index (κ3) is 3.21. The number of ketones is 1. The molecule has 0 bridgehead atoms. The molecule has 132 valence electrons. The first kappa shape index (κ1) is 17.4. The second kappa shape index (κ2) is 7.23. The molecule has 1 aromatic heterocycles. The van der Waals surface area contributed by atoms with Gasteiger partial charge in [-0.15, -0.1) is 0 Å². The van der Waals surface area contributed by atoms with E-state index in [-0.39, 0.29) is 35.2 Å². The van der Waals surface area contributed by atoms with E-state index in [1.807, 2.05) is 6.07 Å². The Kier molecular flexibility index (Phi) is 4.84. The van der Waals surface area contributed by atoms with E-state index < -0.39 is 5.97 Å². The van der Waals surface area contributed by atoms with Crippen molar-refractivity contribution in [2.75, 3.05) is 11.9 Å². The number of amides is 1. The van der Waals surface area contributed by atoms with Crippen LogP contribution in [0.3, 0.4) is 0 Å². The molecule has 6 nitrogen and oxygen atoms in total. The van der Waals surface area contributed by atoms with Gasteiger partial charge in [0.1, 0.15) is 5.69 Å². The lowest BCUT2D eigenvalue weighted by Crippen LogP contribution is -2.12.